The molecule has 8 heteroatoms. The predicted molar refractivity (Wildman–Crippen MR) is 110 cm³/mol. The van der Waals surface area contributed by atoms with Gasteiger partial charge in [0.05, 0.1) is 0 Å². The van der Waals surface area contributed by atoms with Crippen LogP contribution in [0.1, 0.15) is 12.5 Å². The molecule has 0 fully saturated rings. The van der Waals surface area contributed by atoms with Crippen molar-refractivity contribution in [1.82, 2.24) is 9.97 Å². The molecule has 0 aliphatic heterocycles. The first-order valence-electron chi connectivity index (χ1n) is 8.20. The van der Waals surface area contributed by atoms with Crippen LogP contribution in [-0.2, 0) is 4.79 Å². The quantitative estimate of drug-likeness (QED) is 0.519. The number of aromatic nitrogens is 2. The molecule has 0 saturated carbocycles. The maximum absolute atomic E-state index is 11.1. The first-order valence-corrected chi connectivity index (χ1v) is 8.58. The number of nitrogens with zero attached hydrogens (tertiary/aromatic N) is 2. The van der Waals surface area contributed by atoms with Crippen molar-refractivity contribution in [3.63, 3.8) is 0 Å². The molecule has 0 radical (unpaired) electrons. The van der Waals surface area contributed by atoms with Crippen molar-refractivity contribution < 1.29 is 4.79 Å². The number of nitrogens with two attached hydrogens (primary N) is 1. The van der Waals surface area contributed by atoms with E-state index in [0.29, 0.717) is 28.0 Å². The zero-order valence-electron chi connectivity index (χ0n) is 14.9. The highest BCUT2D eigenvalue weighted by atomic mass is 35.5. The lowest BCUT2D eigenvalue weighted by molar-refractivity contribution is -0.114. The summed E-state index contributed by atoms with van der Waals surface area (Å²) >= 11 is 6.06. The monoisotopic (exact) mass is 382 g/mol. The van der Waals surface area contributed by atoms with E-state index in [-0.39, 0.29) is 5.91 Å². The molecule has 5 N–H and O–H groups in total. The molecule has 27 heavy (non-hydrogen) atoms. The standard InChI is InChI=1S/C19H19ClN6O/c1-11-3-4-13(20)9-16(11)26-19-17(21)18(22-10-23-19)25-15-7-5-14(6-8-15)24-12(2)27/h3-10H,21H2,1-2H3,(H,24,27)(H2,22,23,25,26). The number of carbonyl (C=O) groups excluding carboxylic acids is 1. The molecule has 0 aliphatic rings. The number of amides is 1. The molecule has 3 aromatic rings. The molecule has 0 atom stereocenters. The maximum atomic E-state index is 11.1. The summed E-state index contributed by atoms with van der Waals surface area (Å²) in [6.45, 7) is 3.43. The normalized spacial score (nSPS) is 10.3. The summed E-state index contributed by atoms with van der Waals surface area (Å²) in [5, 5.41) is 9.67. The third kappa shape index (κ3) is 4.65. The van der Waals surface area contributed by atoms with E-state index in [1.807, 2.05) is 37.3 Å². The number of aryl methyl sites for hydroxylation is 1. The van der Waals surface area contributed by atoms with Crippen molar-refractivity contribution in [1.29, 1.82) is 0 Å². The van der Waals surface area contributed by atoms with Crippen molar-refractivity contribution in [2.24, 2.45) is 0 Å². The minimum absolute atomic E-state index is 0.122. The van der Waals surface area contributed by atoms with E-state index >= 15 is 0 Å². The Morgan fingerprint density at radius 3 is 2.30 bits per heavy atom. The molecular weight excluding hydrogens is 364 g/mol. The number of nitrogen functional groups attached to an aromatic ring is 1. The van der Waals surface area contributed by atoms with Gasteiger partial charge in [-0.3, -0.25) is 4.79 Å². The molecule has 2 aromatic carbocycles. The topological polar surface area (TPSA) is 105 Å². The fraction of sp³-hybridized carbons (Fsp3) is 0.105. The number of anilines is 6. The predicted octanol–water partition coefficient (Wildman–Crippen LogP) is 4.47. The zero-order valence-corrected chi connectivity index (χ0v) is 15.6. The summed E-state index contributed by atoms with van der Waals surface area (Å²) in [6, 6.07) is 12.8. The number of nitrogens with one attached hydrogen (secondary N) is 3. The van der Waals surface area contributed by atoms with Crippen LogP contribution in [0.5, 0.6) is 0 Å². The molecule has 0 unspecified atom stereocenters. The van der Waals surface area contributed by atoms with Crippen LogP contribution < -0.4 is 21.7 Å². The first-order chi connectivity index (χ1) is 12.9. The Balaban J connectivity index is 1.80. The van der Waals surface area contributed by atoms with Crippen LogP contribution in [0.4, 0.5) is 34.4 Å². The SMILES string of the molecule is CC(=O)Nc1ccc(Nc2ncnc(Nc3cc(Cl)ccc3C)c2N)cc1. The molecule has 0 bridgehead atoms. The van der Waals surface area contributed by atoms with Gasteiger partial charge in [-0.05, 0) is 48.9 Å². The lowest BCUT2D eigenvalue weighted by Gasteiger charge is -2.14. The smallest absolute Gasteiger partial charge is 0.221 e. The van der Waals surface area contributed by atoms with Gasteiger partial charge in [0.15, 0.2) is 11.6 Å². The lowest BCUT2D eigenvalue weighted by Crippen LogP contribution is -2.06. The number of rotatable bonds is 5. The minimum Gasteiger partial charge on any atom is -0.393 e. The van der Waals surface area contributed by atoms with Crippen LogP contribution in [0.25, 0.3) is 0 Å². The van der Waals surface area contributed by atoms with Gasteiger partial charge in [-0.25, -0.2) is 9.97 Å². The third-order valence-corrected chi connectivity index (χ3v) is 4.04. The van der Waals surface area contributed by atoms with Gasteiger partial charge in [-0.15, -0.1) is 0 Å². The minimum atomic E-state index is -0.122. The fourth-order valence-electron chi connectivity index (χ4n) is 2.43. The zero-order chi connectivity index (χ0) is 19.4. The van der Waals surface area contributed by atoms with Gasteiger partial charge in [0.25, 0.3) is 0 Å². The van der Waals surface area contributed by atoms with Crippen LogP contribution in [0, 0.1) is 6.92 Å². The molecular formula is C19H19ClN6O. The van der Waals surface area contributed by atoms with Gasteiger partial charge in [0.1, 0.15) is 12.0 Å². The molecule has 0 saturated heterocycles. The Hall–Kier alpha value is -3.32. The van der Waals surface area contributed by atoms with E-state index < -0.39 is 0 Å². The summed E-state index contributed by atoms with van der Waals surface area (Å²) in [6.07, 6.45) is 1.42. The van der Waals surface area contributed by atoms with Crippen LogP contribution in [0.15, 0.2) is 48.8 Å². The largest absolute Gasteiger partial charge is 0.393 e. The Kier molecular flexibility index (Phi) is 5.42. The van der Waals surface area contributed by atoms with Gasteiger partial charge in [0, 0.05) is 29.0 Å². The second-order valence-corrected chi connectivity index (χ2v) is 6.39. The number of hydrogen-bond donors (Lipinski definition) is 4. The summed E-state index contributed by atoms with van der Waals surface area (Å²) < 4.78 is 0. The van der Waals surface area contributed by atoms with Crippen LogP contribution >= 0.6 is 11.6 Å². The second kappa shape index (κ2) is 7.92. The van der Waals surface area contributed by atoms with Gasteiger partial charge in [-0.2, -0.15) is 0 Å². The maximum Gasteiger partial charge on any atom is 0.221 e. The molecule has 0 spiro atoms. The first kappa shape index (κ1) is 18.5. The van der Waals surface area contributed by atoms with E-state index in [9.17, 15) is 4.79 Å². The van der Waals surface area contributed by atoms with Crippen LogP contribution in [-0.4, -0.2) is 15.9 Å². The van der Waals surface area contributed by atoms with Crippen LogP contribution in [0.3, 0.4) is 0 Å². The Morgan fingerprint density at radius 1 is 1.00 bits per heavy atom. The Labute approximate surface area is 162 Å². The molecule has 1 aromatic heterocycles. The summed E-state index contributed by atoms with van der Waals surface area (Å²) in [5.41, 5.74) is 9.92. The van der Waals surface area contributed by atoms with Gasteiger partial charge < -0.3 is 21.7 Å². The lowest BCUT2D eigenvalue weighted by atomic mass is 10.2. The summed E-state index contributed by atoms with van der Waals surface area (Å²) in [5.74, 6) is 0.829. The second-order valence-electron chi connectivity index (χ2n) is 5.95. The summed E-state index contributed by atoms with van der Waals surface area (Å²) in [7, 11) is 0. The molecule has 3 rings (SSSR count). The highest BCUT2D eigenvalue weighted by molar-refractivity contribution is 6.30. The van der Waals surface area contributed by atoms with E-state index in [0.717, 1.165) is 16.9 Å². The van der Waals surface area contributed by atoms with Crippen molar-refractivity contribution in [2.45, 2.75) is 13.8 Å². The van der Waals surface area contributed by atoms with E-state index in [2.05, 4.69) is 25.9 Å². The number of hydrogen-bond acceptors (Lipinski definition) is 6. The Morgan fingerprint density at radius 2 is 1.63 bits per heavy atom. The van der Waals surface area contributed by atoms with Gasteiger partial charge >= 0.3 is 0 Å². The Bertz CT molecular complexity index is 974. The molecule has 138 valence electrons. The summed E-state index contributed by atoms with van der Waals surface area (Å²) in [4.78, 5) is 19.5. The highest BCUT2D eigenvalue weighted by Gasteiger charge is 2.10. The van der Waals surface area contributed by atoms with Gasteiger partial charge in [-0.1, -0.05) is 17.7 Å². The van der Waals surface area contributed by atoms with Gasteiger partial charge in [0.2, 0.25) is 5.91 Å². The molecule has 1 heterocycles. The van der Waals surface area contributed by atoms with Crippen molar-refractivity contribution >= 4 is 51.9 Å². The number of halogens is 1. The van der Waals surface area contributed by atoms with E-state index in [1.165, 1.54) is 13.3 Å². The number of benzene rings is 2. The highest BCUT2D eigenvalue weighted by Crippen LogP contribution is 2.30. The van der Waals surface area contributed by atoms with E-state index in [1.54, 1.807) is 12.1 Å². The third-order valence-electron chi connectivity index (χ3n) is 3.80. The van der Waals surface area contributed by atoms with Crippen molar-refractivity contribution in [3.05, 3.63) is 59.4 Å². The molecule has 0 aliphatic carbocycles. The van der Waals surface area contributed by atoms with Crippen molar-refractivity contribution in [2.75, 3.05) is 21.7 Å². The molecule has 1 amide bonds. The van der Waals surface area contributed by atoms with Crippen molar-refractivity contribution in [3.8, 4) is 0 Å². The fourth-order valence-corrected chi connectivity index (χ4v) is 2.60. The van der Waals surface area contributed by atoms with E-state index in [4.69, 9.17) is 17.3 Å². The average molecular weight is 383 g/mol. The molecule has 7 nitrogen and oxygen atoms in total. The average Bonchev–Trinajstić information content (AvgIpc) is 2.62. The number of carbonyl (C=O) groups is 1. The van der Waals surface area contributed by atoms with Crippen LogP contribution in [0.2, 0.25) is 5.02 Å².